The zero-order chi connectivity index (χ0) is 13.7. The van der Waals surface area contributed by atoms with Crippen LogP contribution in [0.2, 0.25) is 5.02 Å². The molecule has 2 aromatic rings. The molecule has 1 aromatic carbocycles. The van der Waals surface area contributed by atoms with Crippen molar-refractivity contribution in [1.29, 1.82) is 0 Å². The van der Waals surface area contributed by atoms with Gasteiger partial charge in [0.1, 0.15) is 12.6 Å². The van der Waals surface area contributed by atoms with E-state index in [0.29, 0.717) is 11.4 Å². The van der Waals surface area contributed by atoms with E-state index in [1.807, 2.05) is 0 Å². The van der Waals surface area contributed by atoms with Crippen LogP contribution >= 0.6 is 11.6 Å². The minimum absolute atomic E-state index is 0.187. The van der Waals surface area contributed by atoms with Crippen LogP contribution < -0.4 is 5.73 Å². The number of esters is 1. The van der Waals surface area contributed by atoms with Crippen molar-refractivity contribution in [3.8, 4) is 0 Å². The normalized spacial score (nSPS) is 12.1. The maximum atomic E-state index is 11.7. The molecular formula is C13H14ClN3O2. The maximum Gasteiger partial charge on any atom is 0.323 e. The number of halogens is 1. The van der Waals surface area contributed by atoms with Crippen LogP contribution in [0.4, 0.5) is 0 Å². The third kappa shape index (κ3) is 4.08. The monoisotopic (exact) mass is 279 g/mol. The summed E-state index contributed by atoms with van der Waals surface area (Å²) >= 11 is 5.77. The van der Waals surface area contributed by atoms with Crippen molar-refractivity contribution in [3.05, 3.63) is 53.1 Å². The van der Waals surface area contributed by atoms with E-state index in [9.17, 15) is 4.79 Å². The highest BCUT2D eigenvalue weighted by Gasteiger charge is 2.16. The summed E-state index contributed by atoms with van der Waals surface area (Å²) in [4.78, 5) is 18.5. The van der Waals surface area contributed by atoms with E-state index in [1.54, 1.807) is 36.8 Å². The van der Waals surface area contributed by atoms with Crippen LogP contribution in [-0.4, -0.2) is 22.0 Å². The van der Waals surface area contributed by atoms with Crippen molar-refractivity contribution in [3.63, 3.8) is 0 Å². The van der Waals surface area contributed by atoms with Crippen molar-refractivity contribution >= 4 is 17.6 Å². The van der Waals surface area contributed by atoms with Crippen molar-refractivity contribution in [2.75, 3.05) is 0 Å². The number of hydrogen-bond donors (Lipinski definition) is 2. The Morgan fingerprint density at radius 1 is 1.42 bits per heavy atom. The Hall–Kier alpha value is -1.85. The number of imidazole rings is 1. The Morgan fingerprint density at radius 3 is 2.79 bits per heavy atom. The van der Waals surface area contributed by atoms with Gasteiger partial charge >= 0.3 is 5.97 Å². The highest BCUT2D eigenvalue weighted by atomic mass is 35.5. The summed E-state index contributed by atoms with van der Waals surface area (Å²) < 4.78 is 5.14. The van der Waals surface area contributed by atoms with Crippen molar-refractivity contribution in [2.45, 2.75) is 19.1 Å². The molecule has 0 fully saturated rings. The Bertz CT molecular complexity index is 525. The number of carbonyl (C=O) groups is 1. The number of H-pyrrole nitrogens is 1. The molecule has 0 bridgehead atoms. The van der Waals surface area contributed by atoms with Gasteiger partial charge in [0, 0.05) is 23.3 Å². The number of benzene rings is 1. The van der Waals surface area contributed by atoms with Crippen LogP contribution in [0.1, 0.15) is 11.3 Å². The number of hydrogen-bond acceptors (Lipinski definition) is 4. The standard InChI is InChI=1S/C13H14ClN3O2/c14-10-3-1-9(2-4-10)7-19-13(18)12(15)5-11-6-16-8-17-11/h1-4,6,8,12H,5,7,15H2,(H,16,17). The van der Waals surface area contributed by atoms with Gasteiger partial charge in [0.25, 0.3) is 0 Å². The van der Waals surface area contributed by atoms with Gasteiger partial charge in [0.15, 0.2) is 0 Å². The summed E-state index contributed by atoms with van der Waals surface area (Å²) in [5, 5.41) is 0.644. The first kappa shape index (κ1) is 13.6. The molecule has 0 aliphatic rings. The van der Waals surface area contributed by atoms with Crippen LogP contribution in [0.15, 0.2) is 36.8 Å². The minimum atomic E-state index is -0.701. The van der Waals surface area contributed by atoms with Crippen LogP contribution in [0, 0.1) is 0 Å². The average molecular weight is 280 g/mol. The quantitative estimate of drug-likeness (QED) is 0.816. The van der Waals surface area contributed by atoms with Crippen LogP contribution in [0.3, 0.4) is 0 Å². The molecule has 5 nitrogen and oxygen atoms in total. The lowest BCUT2D eigenvalue weighted by Crippen LogP contribution is -2.34. The minimum Gasteiger partial charge on any atom is -0.460 e. The third-order valence-electron chi connectivity index (χ3n) is 2.59. The van der Waals surface area contributed by atoms with Gasteiger partial charge in [0.05, 0.1) is 6.33 Å². The first-order valence-corrected chi connectivity index (χ1v) is 6.17. The number of aromatic nitrogens is 2. The van der Waals surface area contributed by atoms with Gasteiger partial charge < -0.3 is 15.5 Å². The number of nitrogens with one attached hydrogen (secondary N) is 1. The number of carbonyl (C=O) groups excluding carboxylic acids is 1. The van der Waals surface area contributed by atoms with E-state index < -0.39 is 12.0 Å². The van der Waals surface area contributed by atoms with Crippen molar-refractivity contribution in [1.82, 2.24) is 9.97 Å². The second-order valence-corrected chi connectivity index (χ2v) is 4.56. The van der Waals surface area contributed by atoms with Gasteiger partial charge in [-0.3, -0.25) is 4.79 Å². The zero-order valence-corrected chi connectivity index (χ0v) is 10.9. The van der Waals surface area contributed by atoms with Crippen LogP contribution in [0.5, 0.6) is 0 Å². The summed E-state index contributed by atoms with van der Waals surface area (Å²) in [5.74, 6) is -0.440. The molecule has 6 heteroatoms. The maximum absolute atomic E-state index is 11.7. The van der Waals surface area contributed by atoms with Gasteiger partial charge in [-0.2, -0.15) is 0 Å². The number of nitrogens with two attached hydrogens (primary N) is 1. The predicted molar refractivity (Wildman–Crippen MR) is 71.5 cm³/mol. The molecule has 0 spiro atoms. The van der Waals surface area contributed by atoms with E-state index >= 15 is 0 Å². The van der Waals surface area contributed by atoms with Gasteiger partial charge in [0.2, 0.25) is 0 Å². The third-order valence-corrected chi connectivity index (χ3v) is 2.84. The van der Waals surface area contributed by atoms with E-state index in [1.165, 1.54) is 0 Å². The largest absolute Gasteiger partial charge is 0.460 e. The summed E-state index contributed by atoms with van der Waals surface area (Å²) in [5.41, 5.74) is 7.42. The molecule has 100 valence electrons. The summed E-state index contributed by atoms with van der Waals surface area (Å²) in [7, 11) is 0. The molecule has 1 heterocycles. The van der Waals surface area contributed by atoms with E-state index in [-0.39, 0.29) is 6.61 Å². The molecule has 3 N–H and O–H groups in total. The summed E-state index contributed by atoms with van der Waals surface area (Å²) in [6.07, 6.45) is 3.55. The smallest absolute Gasteiger partial charge is 0.323 e. The average Bonchev–Trinajstić information content (AvgIpc) is 2.90. The van der Waals surface area contributed by atoms with E-state index in [2.05, 4.69) is 9.97 Å². The van der Waals surface area contributed by atoms with E-state index in [4.69, 9.17) is 22.1 Å². The molecule has 0 aliphatic heterocycles. The summed E-state index contributed by atoms with van der Waals surface area (Å²) in [6.45, 7) is 0.187. The first-order valence-electron chi connectivity index (χ1n) is 5.79. The molecule has 0 radical (unpaired) electrons. The molecule has 0 aliphatic carbocycles. The molecule has 0 amide bonds. The highest BCUT2D eigenvalue weighted by molar-refractivity contribution is 6.30. The van der Waals surface area contributed by atoms with E-state index in [0.717, 1.165) is 11.3 Å². The first-order chi connectivity index (χ1) is 9.15. The predicted octanol–water partition coefficient (Wildman–Crippen LogP) is 1.68. The Balaban J connectivity index is 1.82. The fraction of sp³-hybridized carbons (Fsp3) is 0.231. The lowest BCUT2D eigenvalue weighted by molar-refractivity contribution is -0.146. The van der Waals surface area contributed by atoms with Gasteiger partial charge in [-0.25, -0.2) is 4.98 Å². The second-order valence-electron chi connectivity index (χ2n) is 4.12. The topological polar surface area (TPSA) is 81.0 Å². The fourth-order valence-corrected chi connectivity index (χ4v) is 1.68. The number of rotatable bonds is 5. The van der Waals surface area contributed by atoms with Gasteiger partial charge in [-0.15, -0.1) is 0 Å². The molecule has 1 unspecified atom stereocenters. The molecule has 19 heavy (non-hydrogen) atoms. The highest BCUT2D eigenvalue weighted by Crippen LogP contribution is 2.10. The Morgan fingerprint density at radius 2 is 2.16 bits per heavy atom. The second kappa shape index (κ2) is 6.36. The van der Waals surface area contributed by atoms with Gasteiger partial charge in [-0.1, -0.05) is 23.7 Å². The van der Waals surface area contributed by atoms with Crippen LogP contribution in [0.25, 0.3) is 0 Å². The molecule has 1 aromatic heterocycles. The molecule has 0 saturated carbocycles. The summed E-state index contributed by atoms with van der Waals surface area (Å²) in [6, 6.07) is 6.39. The molecule has 1 atom stereocenters. The van der Waals surface area contributed by atoms with Crippen LogP contribution in [-0.2, 0) is 22.6 Å². The van der Waals surface area contributed by atoms with Gasteiger partial charge in [-0.05, 0) is 17.7 Å². The zero-order valence-electron chi connectivity index (χ0n) is 10.2. The molecule has 2 rings (SSSR count). The Kier molecular flexibility index (Phi) is 4.54. The number of nitrogens with zero attached hydrogens (tertiary/aromatic N) is 1. The lowest BCUT2D eigenvalue weighted by Gasteiger charge is -2.10. The fourth-order valence-electron chi connectivity index (χ4n) is 1.56. The number of aromatic amines is 1. The molecular weight excluding hydrogens is 266 g/mol. The Labute approximate surface area is 115 Å². The molecule has 0 saturated heterocycles. The van der Waals surface area contributed by atoms with Crippen molar-refractivity contribution < 1.29 is 9.53 Å². The SMILES string of the molecule is NC(Cc1cnc[nH]1)C(=O)OCc1ccc(Cl)cc1. The number of ether oxygens (including phenoxy) is 1. The lowest BCUT2D eigenvalue weighted by atomic mass is 10.2. The van der Waals surface area contributed by atoms with Crippen molar-refractivity contribution in [2.24, 2.45) is 5.73 Å².